The van der Waals surface area contributed by atoms with E-state index in [1.807, 2.05) is 199 Å². The zero-order valence-electron chi connectivity index (χ0n) is 67.8. The normalized spacial score (nSPS) is 10.7. The number of Topliss-reactive ketones (excluding diaryl/α,β-unsaturated/α-hetero) is 6. The summed E-state index contributed by atoms with van der Waals surface area (Å²) in [7, 11) is 0. The molecule has 0 fully saturated rings. The Bertz CT molecular complexity index is 4200. The monoisotopic (exact) mass is 1460 g/mol. The van der Waals surface area contributed by atoms with E-state index in [0.717, 1.165) is 105 Å². The van der Waals surface area contributed by atoms with Gasteiger partial charge in [0.05, 0.1) is 19.3 Å². The molecule has 108 heavy (non-hydrogen) atoms. The summed E-state index contributed by atoms with van der Waals surface area (Å²) in [5.74, 6) is 6.49. The molecule has 0 saturated carbocycles. The molecule has 1 atom stereocenters. The molecular formula is C96H120O12. The average molecular weight is 1470 g/mol. The van der Waals surface area contributed by atoms with Crippen LogP contribution in [0.1, 0.15) is 227 Å². The van der Waals surface area contributed by atoms with Crippen LogP contribution in [0, 0.1) is 32.6 Å². The summed E-state index contributed by atoms with van der Waals surface area (Å²) >= 11 is 0. The Hall–Kier alpha value is -10.2. The highest BCUT2D eigenvalue weighted by atomic mass is 16.5. The summed E-state index contributed by atoms with van der Waals surface area (Å²) in [5.41, 5.74) is 15.0. The summed E-state index contributed by atoms with van der Waals surface area (Å²) in [6.07, 6.45) is 6.48. The van der Waals surface area contributed by atoms with Gasteiger partial charge in [0.15, 0.2) is 17.3 Å². The molecule has 0 saturated heterocycles. The number of hydrogen-bond donors (Lipinski definition) is 0. The lowest BCUT2D eigenvalue weighted by Crippen LogP contribution is -2.13. The van der Waals surface area contributed by atoms with Crippen LogP contribution < -0.4 is 28.4 Å². The summed E-state index contributed by atoms with van der Waals surface area (Å²) < 4.78 is 35.8. The Morgan fingerprint density at radius 2 is 0.593 bits per heavy atom. The lowest BCUT2D eigenvalue weighted by Gasteiger charge is -2.17. The van der Waals surface area contributed by atoms with Gasteiger partial charge in [0, 0.05) is 71.9 Å². The molecule has 0 radical (unpaired) electrons. The Morgan fingerprint density at radius 1 is 0.306 bits per heavy atom. The van der Waals surface area contributed by atoms with Gasteiger partial charge in [0.25, 0.3) is 0 Å². The quantitative estimate of drug-likeness (QED) is 0.0359. The number of ketones is 6. The van der Waals surface area contributed by atoms with E-state index in [2.05, 4.69) is 92.6 Å². The Balaban J connectivity index is 0.000000296. The number of carbonyl (C=O) groups is 6. The number of aryl methyl sites for hydroxylation is 6. The third-order valence-corrected chi connectivity index (χ3v) is 17.2. The van der Waals surface area contributed by atoms with Crippen LogP contribution in [0.25, 0.3) is 0 Å². The van der Waals surface area contributed by atoms with Gasteiger partial charge in [-0.1, -0.05) is 240 Å². The molecule has 12 nitrogen and oxygen atoms in total. The molecule has 0 aliphatic carbocycles. The summed E-state index contributed by atoms with van der Waals surface area (Å²) in [4.78, 5) is 69.0. The minimum atomic E-state index is 0.0602. The largest absolute Gasteiger partial charge is 0.493 e. The third-order valence-electron chi connectivity index (χ3n) is 17.2. The van der Waals surface area contributed by atoms with Crippen molar-refractivity contribution < 1.29 is 57.2 Å². The molecule has 9 rings (SSSR count). The average Bonchev–Trinajstić information content (AvgIpc) is 0.845. The van der Waals surface area contributed by atoms with E-state index in [0.29, 0.717) is 106 Å². The standard InChI is InChI=1S/C28H32O3.C25H34O3.C19H20O3.C16H18O.2C4H8O/c1-5-21(4)31-28-16-20(3)12-13-25(28)17-26(29)24-15-14-23(6-2)27(18-24)30-19-22-10-8-7-9-11-22;1-7-20-10-11-21(14-25(20)28-16-18(4)5)23(26)13-22-9-8-19(6)12-24(22)27-15-17(2)3;1-3-18(21)16-9-10-17(11-14(2)20)19(12-16)22-13-15-7-5-4-6-8-15;1-3-15-10-9-13(2)11-16(15)17-12-14-7-5-4-6-8-14;2*1-3-4(2)5/h7-16,18,21H,5-6,17,19H2,1-4H3;8-12,14,17-18H,7,13,15-16H2,1-6H3;4-10,12H,3,11,13H2,1-2H3;4-11H,3,12H2,1-2H3;2*3H2,1-2H3. The molecule has 0 aromatic heterocycles. The molecule has 576 valence electrons. The second-order valence-electron chi connectivity index (χ2n) is 27.9. The van der Waals surface area contributed by atoms with Gasteiger partial charge in [-0.05, 0) is 172 Å². The molecule has 9 aromatic carbocycles. The van der Waals surface area contributed by atoms with Gasteiger partial charge < -0.3 is 38.0 Å². The maximum atomic E-state index is 13.1. The fourth-order valence-corrected chi connectivity index (χ4v) is 10.3. The van der Waals surface area contributed by atoms with Crippen LogP contribution in [0.5, 0.6) is 34.5 Å². The first-order valence-corrected chi connectivity index (χ1v) is 38.4. The van der Waals surface area contributed by atoms with Crippen molar-refractivity contribution in [3.8, 4) is 34.5 Å². The van der Waals surface area contributed by atoms with Gasteiger partial charge in [-0.3, -0.25) is 19.2 Å². The molecule has 0 N–H and O–H groups in total. The number of benzene rings is 9. The van der Waals surface area contributed by atoms with Gasteiger partial charge >= 0.3 is 0 Å². The Morgan fingerprint density at radius 3 is 0.926 bits per heavy atom. The second kappa shape index (κ2) is 49.6. The van der Waals surface area contributed by atoms with Crippen molar-refractivity contribution in [2.24, 2.45) is 11.8 Å². The van der Waals surface area contributed by atoms with Crippen molar-refractivity contribution in [1.29, 1.82) is 0 Å². The maximum Gasteiger partial charge on any atom is 0.167 e. The van der Waals surface area contributed by atoms with Gasteiger partial charge in [0.2, 0.25) is 0 Å². The number of carbonyl (C=O) groups excluding carboxylic acids is 6. The highest BCUT2D eigenvalue weighted by Crippen LogP contribution is 2.30. The molecule has 9 aromatic rings. The predicted octanol–water partition coefficient (Wildman–Crippen LogP) is 22.9. The highest BCUT2D eigenvalue weighted by molar-refractivity contribution is 5.99. The van der Waals surface area contributed by atoms with E-state index in [4.69, 9.17) is 28.4 Å². The third kappa shape index (κ3) is 34.1. The number of ether oxygens (including phenoxy) is 6. The van der Waals surface area contributed by atoms with Crippen LogP contribution >= 0.6 is 0 Å². The molecule has 0 amide bonds. The van der Waals surface area contributed by atoms with Crippen LogP contribution in [0.2, 0.25) is 0 Å². The number of rotatable bonds is 33. The van der Waals surface area contributed by atoms with E-state index >= 15 is 0 Å². The molecule has 0 bridgehead atoms. The molecule has 0 aliphatic heterocycles. The van der Waals surface area contributed by atoms with Gasteiger partial charge in [-0.25, -0.2) is 0 Å². The van der Waals surface area contributed by atoms with Crippen molar-refractivity contribution in [3.05, 3.63) is 284 Å². The SMILES string of the molecule is CCC(=O)c1ccc(CC(C)=O)c(OCc2ccccc2)c1.CCC(C)=O.CCC(C)=O.CCc1ccc(C(=O)Cc2ccc(C)cc2OC(C)CC)cc1OCc1ccccc1.CCc1ccc(C(=O)Cc2ccc(C)cc2OCC(C)C)cc1OCC(C)C.CCc1ccc(C)cc1OCc1ccccc1. The molecular weight excluding hydrogens is 1350 g/mol. The van der Waals surface area contributed by atoms with Gasteiger partial charge in [-0.2, -0.15) is 0 Å². The summed E-state index contributed by atoms with van der Waals surface area (Å²) in [6, 6.07) is 65.5. The van der Waals surface area contributed by atoms with Crippen LogP contribution in [-0.2, 0) is 72.7 Å². The second-order valence-corrected chi connectivity index (χ2v) is 27.9. The Labute approximate surface area is 646 Å². The minimum Gasteiger partial charge on any atom is -0.493 e. The van der Waals surface area contributed by atoms with Crippen LogP contribution in [-0.4, -0.2) is 54.0 Å². The first kappa shape index (κ1) is 90.2. The van der Waals surface area contributed by atoms with Crippen LogP contribution in [0.15, 0.2) is 200 Å². The predicted molar refractivity (Wildman–Crippen MR) is 441 cm³/mol. The lowest BCUT2D eigenvalue weighted by atomic mass is 9.99. The van der Waals surface area contributed by atoms with Gasteiger partial charge in [-0.15, -0.1) is 0 Å². The van der Waals surface area contributed by atoms with Crippen molar-refractivity contribution in [1.82, 2.24) is 0 Å². The minimum absolute atomic E-state index is 0.0602. The summed E-state index contributed by atoms with van der Waals surface area (Å²) in [6.45, 7) is 38.2. The van der Waals surface area contributed by atoms with E-state index in [9.17, 15) is 28.8 Å². The zero-order valence-corrected chi connectivity index (χ0v) is 67.8. The van der Waals surface area contributed by atoms with Crippen molar-refractivity contribution in [3.63, 3.8) is 0 Å². The topological polar surface area (TPSA) is 158 Å². The first-order chi connectivity index (χ1) is 51.7. The Kier molecular flexibility index (Phi) is 41.4. The van der Waals surface area contributed by atoms with Gasteiger partial charge in [0.1, 0.15) is 71.7 Å². The van der Waals surface area contributed by atoms with E-state index in [1.165, 1.54) is 16.7 Å². The molecule has 0 aliphatic rings. The highest BCUT2D eigenvalue weighted by Gasteiger charge is 2.19. The zero-order chi connectivity index (χ0) is 79.5. The van der Waals surface area contributed by atoms with E-state index < -0.39 is 0 Å². The van der Waals surface area contributed by atoms with E-state index in [-0.39, 0.29) is 40.8 Å². The maximum absolute atomic E-state index is 13.1. The summed E-state index contributed by atoms with van der Waals surface area (Å²) in [5, 5.41) is 0. The first-order valence-electron chi connectivity index (χ1n) is 38.4. The lowest BCUT2D eigenvalue weighted by molar-refractivity contribution is -0.117. The fourth-order valence-electron chi connectivity index (χ4n) is 10.3. The van der Waals surface area contributed by atoms with Crippen molar-refractivity contribution in [2.45, 2.75) is 215 Å². The van der Waals surface area contributed by atoms with Crippen LogP contribution in [0.4, 0.5) is 0 Å². The smallest absolute Gasteiger partial charge is 0.167 e. The fraction of sp³-hybridized carbons (Fsp3) is 0.375. The van der Waals surface area contributed by atoms with Crippen LogP contribution in [0.3, 0.4) is 0 Å². The molecule has 0 spiro atoms. The molecule has 1 unspecified atom stereocenters. The molecule has 12 heteroatoms. The van der Waals surface area contributed by atoms with Crippen molar-refractivity contribution >= 4 is 34.7 Å². The molecule has 0 heterocycles. The number of hydrogen-bond acceptors (Lipinski definition) is 12. The van der Waals surface area contributed by atoms with Crippen molar-refractivity contribution in [2.75, 3.05) is 13.2 Å². The van der Waals surface area contributed by atoms with E-state index in [1.54, 1.807) is 32.9 Å².